The standard InChI is InChI=1S/C16H29NO/c1-11(14-10-12-7-8-13(14)9-12)17-15-5-3-2-4-6-16(15)18/h11-18H,2-10H2,1H3. The molecule has 6 atom stereocenters. The van der Waals surface area contributed by atoms with E-state index in [1.807, 2.05) is 0 Å². The molecule has 0 aliphatic heterocycles. The van der Waals surface area contributed by atoms with Gasteiger partial charge in [-0.3, -0.25) is 0 Å². The average Bonchev–Trinajstić information content (AvgIpc) is 2.93. The molecule has 0 aromatic heterocycles. The third-order valence-corrected chi connectivity index (χ3v) is 5.89. The normalized spacial score (nSPS) is 46.0. The van der Waals surface area contributed by atoms with Crippen molar-refractivity contribution in [3.8, 4) is 0 Å². The summed E-state index contributed by atoms with van der Waals surface area (Å²) in [7, 11) is 0. The van der Waals surface area contributed by atoms with E-state index in [0.29, 0.717) is 12.1 Å². The molecule has 0 aromatic carbocycles. The zero-order valence-electron chi connectivity index (χ0n) is 11.8. The van der Waals surface area contributed by atoms with Crippen molar-refractivity contribution in [1.29, 1.82) is 0 Å². The summed E-state index contributed by atoms with van der Waals surface area (Å²) in [5.41, 5.74) is 0. The van der Waals surface area contributed by atoms with Crippen LogP contribution in [0.4, 0.5) is 0 Å². The molecule has 2 bridgehead atoms. The highest BCUT2D eigenvalue weighted by atomic mass is 16.3. The van der Waals surface area contributed by atoms with Gasteiger partial charge in [-0.1, -0.05) is 25.7 Å². The van der Waals surface area contributed by atoms with Gasteiger partial charge in [0.2, 0.25) is 0 Å². The summed E-state index contributed by atoms with van der Waals surface area (Å²) in [6, 6.07) is 0.972. The van der Waals surface area contributed by atoms with Crippen LogP contribution in [-0.4, -0.2) is 23.3 Å². The lowest BCUT2D eigenvalue weighted by atomic mass is 9.83. The predicted octanol–water partition coefficient (Wildman–Crippen LogP) is 3.09. The minimum Gasteiger partial charge on any atom is -0.392 e. The predicted molar refractivity (Wildman–Crippen MR) is 74.4 cm³/mol. The molecule has 3 aliphatic carbocycles. The molecule has 3 aliphatic rings. The fraction of sp³-hybridized carbons (Fsp3) is 1.00. The van der Waals surface area contributed by atoms with Crippen molar-refractivity contribution in [3.63, 3.8) is 0 Å². The molecule has 3 fully saturated rings. The summed E-state index contributed by atoms with van der Waals surface area (Å²) in [6.07, 6.45) is 11.8. The van der Waals surface area contributed by atoms with Crippen molar-refractivity contribution in [2.45, 2.75) is 82.9 Å². The number of aliphatic hydroxyl groups is 1. The second-order valence-electron chi connectivity index (χ2n) is 7.11. The van der Waals surface area contributed by atoms with Gasteiger partial charge in [0.05, 0.1) is 6.10 Å². The van der Waals surface area contributed by atoms with Crippen molar-refractivity contribution in [1.82, 2.24) is 5.32 Å². The van der Waals surface area contributed by atoms with Crippen LogP contribution in [0.3, 0.4) is 0 Å². The Hall–Kier alpha value is -0.0800. The van der Waals surface area contributed by atoms with Gasteiger partial charge in [-0.05, 0) is 56.8 Å². The maximum Gasteiger partial charge on any atom is 0.0693 e. The van der Waals surface area contributed by atoms with Crippen molar-refractivity contribution >= 4 is 0 Å². The SMILES string of the molecule is CC(NC1CCCCCC1O)C1CC2CCC1C2. The van der Waals surface area contributed by atoms with Crippen molar-refractivity contribution in [3.05, 3.63) is 0 Å². The van der Waals surface area contributed by atoms with Crippen LogP contribution in [0.2, 0.25) is 0 Å². The summed E-state index contributed by atoms with van der Waals surface area (Å²) in [5.74, 6) is 2.91. The van der Waals surface area contributed by atoms with E-state index in [1.54, 1.807) is 0 Å². The summed E-state index contributed by atoms with van der Waals surface area (Å²) in [6.45, 7) is 2.36. The smallest absolute Gasteiger partial charge is 0.0693 e. The van der Waals surface area contributed by atoms with E-state index in [9.17, 15) is 5.11 Å². The number of fused-ring (bicyclic) bond motifs is 2. The third-order valence-electron chi connectivity index (χ3n) is 5.89. The maximum atomic E-state index is 10.2. The first-order chi connectivity index (χ1) is 8.74. The highest BCUT2D eigenvalue weighted by Gasteiger charge is 2.42. The van der Waals surface area contributed by atoms with Gasteiger partial charge in [-0.15, -0.1) is 0 Å². The fourth-order valence-corrected chi connectivity index (χ4v) is 4.85. The van der Waals surface area contributed by atoms with E-state index in [2.05, 4.69) is 12.2 Å². The van der Waals surface area contributed by atoms with Crippen LogP contribution in [0, 0.1) is 17.8 Å². The highest BCUT2D eigenvalue weighted by molar-refractivity contribution is 4.95. The first-order valence-corrected chi connectivity index (χ1v) is 8.18. The minimum absolute atomic E-state index is 0.103. The summed E-state index contributed by atoms with van der Waals surface area (Å²) >= 11 is 0. The molecule has 0 amide bonds. The Kier molecular flexibility index (Phi) is 3.95. The van der Waals surface area contributed by atoms with Gasteiger partial charge in [0, 0.05) is 12.1 Å². The van der Waals surface area contributed by atoms with Gasteiger partial charge in [0.25, 0.3) is 0 Å². The molecular formula is C16H29NO. The number of aliphatic hydroxyl groups excluding tert-OH is 1. The quantitative estimate of drug-likeness (QED) is 0.756. The van der Waals surface area contributed by atoms with Gasteiger partial charge in [-0.2, -0.15) is 0 Å². The zero-order chi connectivity index (χ0) is 12.5. The van der Waals surface area contributed by atoms with Crippen molar-refractivity contribution < 1.29 is 5.11 Å². The molecule has 3 saturated carbocycles. The molecule has 6 unspecified atom stereocenters. The van der Waals surface area contributed by atoms with E-state index < -0.39 is 0 Å². The van der Waals surface area contributed by atoms with Crippen LogP contribution in [0.5, 0.6) is 0 Å². The van der Waals surface area contributed by atoms with E-state index in [0.717, 1.165) is 24.2 Å². The first-order valence-electron chi connectivity index (χ1n) is 8.18. The van der Waals surface area contributed by atoms with Gasteiger partial charge < -0.3 is 10.4 Å². The van der Waals surface area contributed by atoms with Crippen LogP contribution >= 0.6 is 0 Å². The van der Waals surface area contributed by atoms with Crippen molar-refractivity contribution in [2.24, 2.45) is 17.8 Å². The molecule has 0 aromatic rings. The summed E-state index contributed by atoms with van der Waals surface area (Å²) in [5, 5.41) is 14.0. The molecule has 2 N–H and O–H groups in total. The summed E-state index contributed by atoms with van der Waals surface area (Å²) < 4.78 is 0. The van der Waals surface area contributed by atoms with Crippen LogP contribution in [-0.2, 0) is 0 Å². The Bertz CT molecular complexity index is 280. The van der Waals surface area contributed by atoms with E-state index in [1.165, 1.54) is 51.4 Å². The zero-order valence-corrected chi connectivity index (χ0v) is 11.8. The molecule has 2 heteroatoms. The molecule has 0 saturated heterocycles. The van der Waals surface area contributed by atoms with Crippen LogP contribution in [0.25, 0.3) is 0 Å². The van der Waals surface area contributed by atoms with E-state index in [4.69, 9.17) is 0 Å². The van der Waals surface area contributed by atoms with Gasteiger partial charge in [0.1, 0.15) is 0 Å². The molecule has 0 radical (unpaired) electrons. The lowest BCUT2D eigenvalue weighted by Gasteiger charge is -2.33. The molecule has 0 heterocycles. The highest BCUT2D eigenvalue weighted by Crippen LogP contribution is 2.49. The van der Waals surface area contributed by atoms with Crippen LogP contribution in [0.1, 0.15) is 64.7 Å². The maximum absolute atomic E-state index is 10.2. The lowest BCUT2D eigenvalue weighted by Crippen LogP contribution is -2.47. The average molecular weight is 251 g/mol. The van der Waals surface area contributed by atoms with Crippen molar-refractivity contribution in [2.75, 3.05) is 0 Å². The monoisotopic (exact) mass is 251 g/mol. The third kappa shape index (κ3) is 2.60. The first kappa shape index (κ1) is 12.9. The Morgan fingerprint density at radius 3 is 2.56 bits per heavy atom. The molecule has 0 spiro atoms. The Balaban J connectivity index is 1.55. The number of rotatable bonds is 3. The number of hydrogen-bond donors (Lipinski definition) is 2. The lowest BCUT2D eigenvalue weighted by molar-refractivity contribution is 0.104. The molecule has 18 heavy (non-hydrogen) atoms. The van der Waals surface area contributed by atoms with E-state index >= 15 is 0 Å². The Labute approximate surface area is 112 Å². The molecular weight excluding hydrogens is 222 g/mol. The number of nitrogens with one attached hydrogen (secondary N) is 1. The molecule has 3 rings (SSSR count). The van der Waals surface area contributed by atoms with Gasteiger partial charge >= 0.3 is 0 Å². The Morgan fingerprint density at radius 2 is 1.83 bits per heavy atom. The van der Waals surface area contributed by atoms with E-state index in [-0.39, 0.29) is 6.10 Å². The summed E-state index contributed by atoms with van der Waals surface area (Å²) in [4.78, 5) is 0. The van der Waals surface area contributed by atoms with Crippen LogP contribution < -0.4 is 5.32 Å². The molecule has 2 nitrogen and oxygen atoms in total. The number of hydrogen-bond acceptors (Lipinski definition) is 2. The second-order valence-corrected chi connectivity index (χ2v) is 7.11. The minimum atomic E-state index is -0.103. The molecule has 104 valence electrons. The second kappa shape index (κ2) is 5.50. The Morgan fingerprint density at radius 1 is 1.00 bits per heavy atom. The largest absolute Gasteiger partial charge is 0.392 e. The van der Waals surface area contributed by atoms with Gasteiger partial charge in [-0.25, -0.2) is 0 Å². The van der Waals surface area contributed by atoms with Crippen LogP contribution in [0.15, 0.2) is 0 Å². The van der Waals surface area contributed by atoms with Gasteiger partial charge in [0.15, 0.2) is 0 Å². The topological polar surface area (TPSA) is 32.3 Å². The fourth-order valence-electron chi connectivity index (χ4n) is 4.85.